The van der Waals surface area contributed by atoms with E-state index in [2.05, 4.69) is 37.2 Å². The summed E-state index contributed by atoms with van der Waals surface area (Å²) in [7, 11) is 0. The molecular formula is C16H30N2. The van der Waals surface area contributed by atoms with E-state index in [9.17, 15) is 0 Å². The minimum atomic E-state index is 0.780. The highest BCUT2D eigenvalue weighted by Gasteiger charge is 1.99. The summed E-state index contributed by atoms with van der Waals surface area (Å²) < 4.78 is 0. The summed E-state index contributed by atoms with van der Waals surface area (Å²) in [6.07, 6.45) is 12.6. The largest absolute Gasteiger partial charge is 0.350 e. The van der Waals surface area contributed by atoms with Gasteiger partial charge in [0.1, 0.15) is 0 Å². The van der Waals surface area contributed by atoms with E-state index in [0.717, 1.165) is 18.0 Å². The van der Waals surface area contributed by atoms with Gasteiger partial charge < -0.3 is 5.32 Å². The summed E-state index contributed by atoms with van der Waals surface area (Å²) in [4.78, 5) is 4.25. The van der Waals surface area contributed by atoms with Crippen molar-refractivity contribution >= 4 is 6.34 Å². The number of nitrogens with one attached hydrogen (secondary N) is 1. The molecule has 0 saturated heterocycles. The number of nitrogens with zero attached hydrogens (tertiary/aromatic N) is 1. The van der Waals surface area contributed by atoms with Crippen molar-refractivity contribution in [2.24, 2.45) is 10.9 Å². The molecule has 2 heteroatoms. The van der Waals surface area contributed by atoms with Crippen molar-refractivity contribution in [1.29, 1.82) is 0 Å². The Morgan fingerprint density at radius 3 is 2.61 bits per heavy atom. The van der Waals surface area contributed by atoms with Crippen LogP contribution in [-0.2, 0) is 0 Å². The van der Waals surface area contributed by atoms with Gasteiger partial charge >= 0.3 is 0 Å². The van der Waals surface area contributed by atoms with E-state index in [1.54, 1.807) is 6.34 Å². The van der Waals surface area contributed by atoms with Crippen LogP contribution in [0.15, 0.2) is 28.5 Å². The Morgan fingerprint density at radius 1 is 1.28 bits per heavy atom. The fourth-order valence-electron chi connectivity index (χ4n) is 1.61. The topological polar surface area (TPSA) is 24.4 Å². The maximum Gasteiger partial charge on any atom is 0.0923 e. The quantitative estimate of drug-likeness (QED) is 0.346. The standard InChI is InChI=1S/C16H30N2/c1-6-8-9-10-14(3)11-12-16(5)18-13-17-15(4)7-2/h7,12-14H,6,8-11H2,1-5H3,(H,17,18)/b15-7+,16-12-. The molecule has 0 aromatic carbocycles. The molecular weight excluding hydrogens is 220 g/mol. The zero-order valence-corrected chi connectivity index (χ0v) is 12.8. The van der Waals surface area contributed by atoms with E-state index >= 15 is 0 Å². The molecule has 104 valence electrons. The minimum Gasteiger partial charge on any atom is -0.350 e. The minimum absolute atomic E-state index is 0.780. The Labute approximate surface area is 113 Å². The normalized spacial score (nSPS) is 15.2. The second-order valence-corrected chi connectivity index (χ2v) is 5.06. The van der Waals surface area contributed by atoms with Gasteiger partial charge in [-0.3, -0.25) is 0 Å². The van der Waals surface area contributed by atoms with Gasteiger partial charge in [0.25, 0.3) is 0 Å². The number of allylic oxidation sites excluding steroid dienone is 4. The summed E-state index contributed by atoms with van der Waals surface area (Å²) >= 11 is 0. The van der Waals surface area contributed by atoms with Crippen molar-refractivity contribution in [3.05, 3.63) is 23.5 Å². The van der Waals surface area contributed by atoms with E-state index in [-0.39, 0.29) is 0 Å². The van der Waals surface area contributed by atoms with Gasteiger partial charge in [0.2, 0.25) is 0 Å². The summed E-state index contributed by atoms with van der Waals surface area (Å²) in [5, 5.41) is 3.20. The molecule has 0 aromatic heterocycles. The number of hydrogen-bond acceptors (Lipinski definition) is 1. The van der Waals surface area contributed by atoms with Crippen molar-refractivity contribution in [2.75, 3.05) is 0 Å². The van der Waals surface area contributed by atoms with Crippen LogP contribution in [0, 0.1) is 5.92 Å². The molecule has 1 unspecified atom stereocenters. The van der Waals surface area contributed by atoms with Crippen molar-refractivity contribution in [3.63, 3.8) is 0 Å². The van der Waals surface area contributed by atoms with Crippen molar-refractivity contribution < 1.29 is 0 Å². The number of rotatable bonds is 9. The van der Waals surface area contributed by atoms with Crippen molar-refractivity contribution in [3.8, 4) is 0 Å². The summed E-state index contributed by atoms with van der Waals surface area (Å²) in [6, 6.07) is 0. The Balaban J connectivity index is 3.85. The fraction of sp³-hybridized carbons (Fsp3) is 0.688. The van der Waals surface area contributed by atoms with Crippen LogP contribution in [-0.4, -0.2) is 6.34 Å². The Morgan fingerprint density at radius 2 is 2.00 bits per heavy atom. The third-order valence-corrected chi connectivity index (χ3v) is 3.11. The smallest absolute Gasteiger partial charge is 0.0923 e. The van der Waals surface area contributed by atoms with Crippen LogP contribution in [0.4, 0.5) is 0 Å². The molecule has 2 nitrogen and oxygen atoms in total. The molecule has 0 aromatic rings. The molecule has 0 saturated carbocycles. The average Bonchev–Trinajstić information content (AvgIpc) is 2.36. The van der Waals surface area contributed by atoms with Crippen LogP contribution in [0.2, 0.25) is 0 Å². The predicted octanol–water partition coefficient (Wildman–Crippen LogP) is 5.04. The number of hydrogen-bond donors (Lipinski definition) is 1. The molecule has 0 radical (unpaired) electrons. The van der Waals surface area contributed by atoms with Gasteiger partial charge in [0.05, 0.1) is 6.34 Å². The van der Waals surface area contributed by atoms with E-state index < -0.39 is 0 Å². The van der Waals surface area contributed by atoms with Gasteiger partial charge in [-0.2, -0.15) is 0 Å². The predicted molar refractivity (Wildman–Crippen MR) is 82.7 cm³/mol. The van der Waals surface area contributed by atoms with Crippen LogP contribution >= 0.6 is 0 Å². The monoisotopic (exact) mass is 250 g/mol. The Bertz CT molecular complexity index is 287. The summed E-state index contributed by atoms with van der Waals surface area (Å²) in [5.41, 5.74) is 2.22. The average molecular weight is 250 g/mol. The summed E-state index contributed by atoms with van der Waals surface area (Å²) in [6.45, 7) is 10.7. The van der Waals surface area contributed by atoms with Crippen LogP contribution < -0.4 is 5.32 Å². The molecule has 0 amide bonds. The van der Waals surface area contributed by atoms with Crippen LogP contribution in [0.3, 0.4) is 0 Å². The second kappa shape index (κ2) is 11.1. The molecule has 0 fully saturated rings. The van der Waals surface area contributed by atoms with E-state index in [1.165, 1.54) is 31.4 Å². The third-order valence-electron chi connectivity index (χ3n) is 3.11. The first-order valence-electron chi connectivity index (χ1n) is 7.18. The molecule has 18 heavy (non-hydrogen) atoms. The molecule has 0 aliphatic carbocycles. The first kappa shape index (κ1) is 16.9. The lowest BCUT2D eigenvalue weighted by Gasteiger charge is -2.08. The fourth-order valence-corrected chi connectivity index (χ4v) is 1.61. The molecule has 0 heterocycles. The lowest BCUT2D eigenvalue weighted by atomic mass is 9.99. The van der Waals surface area contributed by atoms with E-state index in [1.807, 2.05) is 19.9 Å². The lowest BCUT2D eigenvalue weighted by Crippen LogP contribution is -2.08. The van der Waals surface area contributed by atoms with Gasteiger partial charge in [-0.25, -0.2) is 4.99 Å². The van der Waals surface area contributed by atoms with Crippen LogP contribution in [0.25, 0.3) is 0 Å². The Kier molecular flexibility index (Phi) is 10.4. The molecule has 0 spiro atoms. The molecule has 1 N–H and O–H groups in total. The zero-order chi connectivity index (χ0) is 13.8. The zero-order valence-electron chi connectivity index (χ0n) is 12.8. The second-order valence-electron chi connectivity index (χ2n) is 5.06. The molecule has 0 aliphatic heterocycles. The highest BCUT2D eigenvalue weighted by Crippen LogP contribution is 2.13. The van der Waals surface area contributed by atoms with Crippen molar-refractivity contribution in [1.82, 2.24) is 5.32 Å². The van der Waals surface area contributed by atoms with E-state index in [0.29, 0.717) is 0 Å². The highest BCUT2D eigenvalue weighted by molar-refractivity contribution is 5.58. The van der Waals surface area contributed by atoms with E-state index in [4.69, 9.17) is 0 Å². The SMILES string of the molecule is C/C=C(\C)N=CN/C(C)=C\CC(C)CCCCC. The molecule has 0 bridgehead atoms. The third kappa shape index (κ3) is 10.1. The van der Waals surface area contributed by atoms with Gasteiger partial charge in [-0.15, -0.1) is 0 Å². The first-order chi connectivity index (χ1) is 8.60. The maximum atomic E-state index is 4.25. The molecule has 0 aliphatic rings. The van der Waals surface area contributed by atoms with Gasteiger partial charge in [0.15, 0.2) is 0 Å². The lowest BCUT2D eigenvalue weighted by molar-refractivity contribution is 0.499. The molecule has 0 rings (SSSR count). The van der Waals surface area contributed by atoms with Gasteiger partial charge in [-0.05, 0) is 33.1 Å². The summed E-state index contributed by atoms with van der Waals surface area (Å²) in [5.74, 6) is 0.780. The first-order valence-corrected chi connectivity index (χ1v) is 7.18. The number of unbranched alkanes of at least 4 members (excludes halogenated alkanes) is 2. The van der Waals surface area contributed by atoms with Crippen LogP contribution in [0.5, 0.6) is 0 Å². The number of aliphatic imine (C=N–C) groups is 1. The van der Waals surface area contributed by atoms with Crippen LogP contribution in [0.1, 0.15) is 66.7 Å². The van der Waals surface area contributed by atoms with Gasteiger partial charge in [0, 0.05) is 11.4 Å². The Hall–Kier alpha value is -1.05. The van der Waals surface area contributed by atoms with Gasteiger partial charge in [-0.1, -0.05) is 51.7 Å². The highest BCUT2D eigenvalue weighted by atomic mass is 14.9. The van der Waals surface area contributed by atoms with Crippen molar-refractivity contribution in [2.45, 2.75) is 66.7 Å². The maximum absolute atomic E-state index is 4.25. The molecule has 1 atom stereocenters.